The van der Waals surface area contributed by atoms with Gasteiger partial charge in [0, 0.05) is 25.1 Å². The average molecular weight is 472 g/mol. The fraction of sp³-hybridized carbons (Fsp3) is 0.458. The van der Waals surface area contributed by atoms with Crippen molar-refractivity contribution in [2.75, 3.05) is 26.0 Å². The van der Waals surface area contributed by atoms with Gasteiger partial charge in [0.2, 0.25) is 5.91 Å². The number of ether oxygens (including phenoxy) is 1. The summed E-state index contributed by atoms with van der Waals surface area (Å²) in [4.78, 5) is 35.2. The molecule has 0 saturated heterocycles. The first kappa shape index (κ1) is 23.0. The fourth-order valence-corrected chi connectivity index (χ4v) is 6.34. The lowest BCUT2D eigenvalue weighted by Gasteiger charge is -2.21. The van der Waals surface area contributed by atoms with Crippen LogP contribution < -0.4 is 5.56 Å². The van der Waals surface area contributed by atoms with Crippen molar-refractivity contribution in [3.8, 4) is 0 Å². The highest BCUT2D eigenvalue weighted by Gasteiger charge is 2.23. The molecule has 170 valence electrons. The molecule has 32 heavy (non-hydrogen) atoms. The molecule has 6 nitrogen and oxygen atoms in total. The first-order chi connectivity index (χ1) is 15.6. The zero-order chi connectivity index (χ0) is 22.5. The zero-order valence-corrected chi connectivity index (χ0v) is 20.3. The largest absolute Gasteiger partial charge is 0.383 e. The Balaban J connectivity index is 1.58. The number of aromatic nitrogens is 2. The van der Waals surface area contributed by atoms with Gasteiger partial charge < -0.3 is 9.64 Å². The van der Waals surface area contributed by atoms with Gasteiger partial charge in [-0.05, 0) is 43.7 Å². The molecule has 0 bridgehead atoms. The van der Waals surface area contributed by atoms with Crippen LogP contribution in [0.4, 0.5) is 0 Å². The van der Waals surface area contributed by atoms with Gasteiger partial charge in [0.1, 0.15) is 4.83 Å². The quantitative estimate of drug-likeness (QED) is 0.347. The minimum Gasteiger partial charge on any atom is -0.383 e. The molecule has 0 N–H and O–H groups in total. The van der Waals surface area contributed by atoms with E-state index in [1.165, 1.54) is 28.6 Å². The van der Waals surface area contributed by atoms with Crippen LogP contribution in [0.3, 0.4) is 0 Å². The van der Waals surface area contributed by atoms with E-state index in [1.807, 2.05) is 42.2 Å². The van der Waals surface area contributed by atoms with Crippen LogP contribution in [0, 0.1) is 0 Å². The Hall–Kier alpha value is -2.16. The van der Waals surface area contributed by atoms with Crippen molar-refractivity contribution in [2.24, 2.45) is 0 Å². The molecule has 0 radical (unpaired) electrons. The number of amides is 1. The number of carbonyl (C=O) groups is 1. The minimum absolute atomic E-state index is 0.00182. The lowest BCUT2D eigenvalue weighted by molar-refractivity contribution is -0.128. The molecule has 0 aliphatic heterocycles. The summed E-state index contributed by atoms with van der Waals surface area (Å²) in [7, 11) is 1.63. The fourth-order valence-electron chi connectivity index (χ4n) is 4.11. The van der Waals surface area contributed by atoms with Crippen LogP contribution >= 0.6 is 23.1 Å². The molecule has 2 aromatic heterocycles. The summed E-state index contributed by atoms with van der Waals surface area (Å²) < 4.78 is 6.93. The average Bonchev–Trinajstić information content (AvgIpc) is 3.19. The maximum atomic E-state index is 13.4. The van der Waals surface area contributed by atoms with Crippen LogP contribution in [0.1, 0.15) is 35.8 Å². The third kappa shape index (κ3) is 4.92. The molecule has 4 rings (SSSR count). The number of rotatable bonds is 9. The summed E-state index contributed by atoms with van der Waals surface area (Å²) in [6.07, 6.45) is 4.27. The maximum absolute atomic E-state index is 13.4. The molecular formula is C24H29N3O3S2. The van der Waals surface area contributed by atoms with Crippen molar-refractivity contribution in [3.63, 3.8) is 0 Å². The first-order valence-corrected chi connectivity index (χ1v) is 12.9. The molecule has 0 saturated carbocycles. The second kappa shape index (κ2) is 10.6. The predicted molar refractivity (Wildman–Crippen MR) is 131 cm³/mol. The Morgan fingerprint density at radius 3 is 2.78 bits per heavy atom. The van der Waals surface area contributed by atoms with Crippen molar-refractivity contribution in [1.82, 2.24) is 14.5 Å². The van der Waals surface area contributed by atoms with Gasteiger partial charge in [0.15, 0.2) is 5.16 Å². The SMILES string of the molecule is CCN(Cc1ccccc1)C(=O)CSc1nc2sc3c(c2c(=O)n1CCOC)CCCC3. The van der Waals surface area contributed by atoms with Crippen LogP contribution in [-0.2, 0) is 35.5 Å². The highest BCUT2D eigenvalue weighted by molar-refractivity contribution is 7.99. The van der Waals surface area contributed by atoms with Crippen LogP contribution in [0.2, 0.25) is 0 Å². The summed E-state index contributed by atoms with van der Waals surface area (Å²) >= 11 is 2.99. The molecule has 0 spiro atoms. The first-order valence-electron chi connectivity index (χ1n) is 11.1. The molecule has 0 unspecified atom stereocenters. The zero-order valence-electron chi connectivity index (χ0n) is 18.6. The van der Waals surface area contributed by atoms with Gasteiger partial charge in [0.05, 0.1) is 24.3 Å². The van der Waals surface area contributed by atoms with Crippen LogP contribution in [0.25, 0.3) is 10.2 Å². The molecule has 0 fully saturated rings. The molecule has 2 heterocycles. The number of thioether (sulfide) groups is 1. The van der Waals surface area contributed by atoms with Gasteiger partial charge in [-0.15, -0.1) is 11.3 Å². The number of carbonyl (C=O) groups excluding carboxylic acids is 1. The Labute approximate surface area is 196 Å². The smallest absolute Gasteiger partial charge is 0.263 e. The summed E-state index contributed by atoms with van der Waals surface area (Å²) in [5.74, 6) is 0.288. The number of benzene rings is 1. The molecule has 1 aliphatic carbocycles. The lowest BCUT2D eigenvalue weighted by Crippen LogP contribution is -2.32. The number of nitrogens with zero attached hydrogens (tertiary/aromatic N) is 3. The van der Waals surface area contributed by atoms with E-state index in [1.54, 1.807) is 23.0 Å². The van der Waals surface area contributed by atoms with Gasteiger partial charge in [-0.3, -0.25) is 14.2 Å². The Morgan fingerprint density at radius 1 is 1.25 bits per heavy atom. The Kier molecular flexibility index (Phi) is 7.65. The number of fused-ring (bicyclic) bond motifs is 3. The van der Waals surface area contributed by atoms with Gasteiger partial charge in [-0.25, -0.2) is 4.98 Å². The molecule has 1 amide bonds. The summed E-state index contributed by atoms with van der Waals surface area (Å²) in [5, 5.41) is 1.37. The minimum atomic E-state index is -0.00182. The molecule has 0 atom stereocenters. The Morgan fingerprint density at radius 2 is 2.03 bits per heavy atom. The number of aryl methyl sites for hydroxylation is 2. The highest BCUT2D eigenvalue weighted by atomic mass is 32.2. The van der Waals surface area contributed by atoms with Crippen LogP contribution in [0.5, 0.6) is 0 Å². The van der Waals surface area contributed by atoms with Crippen molar-refractivity contribution in [2.45, 2.75) is 50.9 Å². The van der Waals surface area contributed by atoms with Gasteiger partial charge in [0.25, 0.3) is 5.56 Å². The third-order valence-corrected chi connectivity index (χ3v) is 7.98. The van der Waals surface area contributed by atoms with E-state index in [0.29, 0.717) is 31.4 Å². The molecule has 8 heteroatoms. The summed E-state index contributed by atoms with van der Waals surface area (Å²) in [5.41, 5.74) is 2.29. The standard InChI is InChI=1S/C24H29N3O3S2/c1-3-26(15-17-9-5-4-6-10-17)20(28)16-31-24-25-22-21(23(29)27(24)13-14-30-2)18-11-7-8-12-19(18)32-22/h4-6,9-10H,3,7-8,11-16H2,1-2H3. The number of thiophene rings is 1. The molecule has 1 aliphatic rings. The van der Waals surface area contributed by atoms with E-state index in [0.717, 1.165) is 35.0 Å². The van der Waals surface area contributed by atoms with E-state index in [4.69, 9.17) is 9.72 Å². The number of hydrogen-bond acceptors (Lipinski definition) is 6. The number of methoxy groups -OCH3 is 1. The van der Waals surface area contributed by atoms with Gasteiger partial charge >= 0.3 is 0 Å². The predicted octanol–water partition coefficient (Wildman–Crippen LogP) is 4.12. The Bertz CT molecular complexity index is 1140. The topological polar surface area (TPSA) is 64.4 Å². The van der Waals surface area contributed by atoms with Crippen molar-refractivity contribution < 1.29 is 9.53 Å². The molecular weight excluding hydrogens is 442 g/mol. The van der Waals surface area contributed by atoms with Crippen LogP contribution in [0.15, 0.2) is 40.3 Å². The monoisotopic (exact) mass is 471 g/mol. The van der Waals surface area contributed by atoms with E-state index < -0.39 is 0 Å². The van der Waals surface area contributed by atoms with Crippen LogP contribution in [-0.4, -0.2) is 46.4 Å². The second-order valence-corrected chi connectivity index (χ2v) is 9.94. The highest BCUT2D eigenvalue weighted by Crippen LogP contribution is 2.34. The van der Waals surface area contributed by atoms with Gasteiger partial charge in [-0.2, -0.15) is 0 Å². The molecule has 3 aromatic rings. The van der Waals surface area contributed by atoms with E-state index in [2.05, 4.69) is 0 Å². The normalized spacial score (nSPS) is 13.3. The lowest BCUT2D eigenvalue weighted by atomic mass is 9.97. The molecule has 1 aromatic carbocycles. The van der Waals surface area contributed by atoms with Crippen molar-refractivity contribution >= 4 is 39.2 Å². The van der Waals surface area contributed by atoms with Crippen molar-refractivity contribution in [1.29, 1.82) is 0 Å². The van der Waals surface area contributed by atoms with E-state index in [-0.39, 0.29) is 17.2 Å². The van der Waals surface area contributed by atoms with E-state index >= 15 is 0 Å². The second-order valence-electron chi connectivity index (χ2n) is 7.92. The summed E-state index contributed by atoms with van der Waals surface area (Å²) in [6.45, 7) is 4.06. The number of hydrogen-bond donors (Lipinski definition) is 0. The maximum Gasteiger partial charge on any atom is 0.263 e. The van der Waals surface area contributed by atoms with Crippen molar-refractivity contribution in [3.05, 3.63) is 56.7 Å². The van der Waals surface area contributed by atoms with E-state index in [9.17, 15) is 9.59 Å². The van der Waals surface area contributed by atoms with Gasteiger partial charge in [-0.1, -0.05) is 42.1 Å². The third-order valence-electron chi connectivity index (χ3n) is 5.83. The summed E-state index contributed by atoms with van der Waals surface area (Å²) in [6, 6.07) is 9.99.